The van der Waals surface area contributed by atoms with Gasteiger partial charge in [0.15, 0.2) is 11.5 Å². The van der Waals surface area contributed by atoms with Crippen molar-refractivity contribution >= 4 is 17.0 Å². The summed E-state index contributed by atoms with van der Waals surface area (Å²) in [5.41, 5.74) is 12.7. The van der Waals surface area contributed by atoms with Crippen molar-refractivity contribution in [1.29, 1.82) is 0 Å². The molecule has 7 heteroatoms. The number of rotatable bonds is 8. The third-order valence-electron chi connectivity index (χ3n) is 6.12. The number of aromatic nitrogens is 4. The molecule has 0 saturated carbocycles. The van der Waals surface area contributed by atoms with Crippen LogP contribution in [0.15, 0.2) is 85.1 Å². The minimum atomic E-state index is 0.420. The first-order chi connectivity index (χ1) is 17.1. The highest BCUT2D eigenvalue weighted by molar-refractivity contribution is 5.84. The van der Waals surface area contributed by atoms with E-state index in [0.29, 0.717) is 11.9 Å². The van der Waals surface area contributed by atoms with Gasteiger partial charge in [0.1, 0.15) is 11.3 Å². The second-order valence-electron chi connectivity index (χ2n) is 8.60. The Hall–Kier alpha value is -4.07. The normalized spacial score (nSPS) is 12.2. The molecule has 7 nitrogen and oxygen atoms in total. The number of nitrogens with one attached hydrogen (secondary N) is 2. The molecule has 0 bridgehead atoms. The van der Waals surface area contributed by atoms with Crippen LogP contribution >= 0.6 is 0 Å². The summed E-state index contributed by atoms with van der Waals surface area (Å²) in [4.78, 5) is 14.2. The van der Waals surface area contributed by atoms with E-state index in [0.717, 1.165) is 52.6 Å². The van der Waals surface area contributed by atoms with Crippen molar-refractivity contribution in [1.82, 2.24) is 30.2 Å². The predicted octanol–water partition coefficient (Wildman–Crippen LogP) is 4.43. The number of hydrogen-bond acceptors (Lipinski definition) is 6. The molecule has 0 spiro atoms. The summed E-state index contributed by atoms with van der Waals surface area (Å²) in [5, 5.41) is 6.73. The summed E-state index contributed by atoms with van der Waals surface area (Å²) in [7, 11) is 1.97. The topological polar surface area (TPSA) is 93.7 Å². The summed E-state index contributed by atoms with van der Waals surface area (Å²) >= 11 is 0. The molecule has 0 aliphatic carbocycles. The fraction of sp³-hybridized carbons (Fsp3) is 0.179. The van der Waals surface area contributed by atoms with Gasteiger partial charge in [-0.3, -0.25) is 4.57 Å². The van der Waals surface area contributed by atoms with Gasteiger partial charge in [-0.25, -0.2) is 15.0 Å². The van der Waals surface area contributed by atoms with E-state index in [1.54, 1.807) is 6.20 Å². The van der Waals surface area contributed by atoms with Crippen molar-refractivity contribution in [2.75, 3.05) is 19.3 Å². The number of nitrogens with two attached hydrogens (primary N) is 1. The van der Waals surface area contributed by atoms with Gasteiger partial charge in [0, 0.05) is 36.6 Å². The van der Waals surface area contributed by atoms with Gasteiger partial charge < -0.3 is 16.4 Å². The zero-order valence-electron chi connectivity index (χ0n) is 19.9. The Kier molecular flexibility index (Phi) is 6.52. The Labute approximate surface area is 205 Å². The number of nitrogens with zero attached hydrogens (tertiary/aromatic N) is 4. The number of hydrogen-bond donors (Lipinski definition) is 3. The molecule has 4 N–H and O–H groups in total. The van der Waals surface area contributed by atoms with Gasteiger partial charge in [-0.15, -0.1) is 0 Å². The average molecular weight is 464 g/mol. The molecule has 0 radical (unpaired) electrons. The van der Waals surface area contributed by atoms with Crippen LogP contribution in [-0.4, -0.2) is 39.2 Å². The summed E-state index contributed by atoms with van der Waals surface area (Å²) in [5.74, 6) is 1.16. The summed E-state index contributed by atoms with van der Waals surface area (Å²) in [6.07, 6.45) is 1.69. The number of nitrogen functional groups attached to an aromatic ring is 1. The Morgan fingerprint density at radius 2 is 1.71 bits per heavy atom. The number of imidazole rings is 1. The van der Waals surface area contributed by atoms with Crippen molar-refractivity contribution < 1.29 is 0 Å². The maximum atomic E-state index is 6.26. The minimum Gasteiger partial charge on any atom is -0.383 e. The molecule has 5 aromatic rings. The molecule has 0 aliphatic heterocycles. The van der Waals surface area contributed by atoms with Crippen LogP contribution in [0.25, 0.3) is 39.5 Å². The van der Waals surface area contributed by atoms with Crippen LogP contribution in [0.3, 0.4) is 0 Å². The summed E-state index contributed by atoms with van der Waals surface area (Å²) in [6.45, 7) is 3.86. The van der Waals surface area contributed by atoms with E-state index in [2.05, 4.69) is 63.5 Å². The highest BCUT2D eigenvalue weighted by Crippen LogP contribution is 2.31. The lowest BCUT2D eigenvalue weighted by molar-refractivity contribution is 0.541. The monoisotopic (exact) mass is 463 g/mol. The first kappa shape index (κ1) is 22.7. The average Bonchev–Trinajstić information content (AvgIpc) is 3.28. The largest absolute Gasteiger partial charge is 0.383 e. The van der Waals surface area contributed by atoms with E-state index in [9.17, 15) is 0 Å². The number of likely N-dealkylation sites (N-methyl/N-ethyl adjacent to an activating group) is 1. The summed E-state index contributed by atoms with van der Waals surface area (Å²) < 4.78 is 2.06. The number of fused-ring (bicyclic) bond motifs is 1. The zero-order chi connectivity index (χ0) is 24.2. The fourth-order valence-corrected chi connectivity index (χ4v) is 4.06. The molecule has 0 amide bonds. The smallest absolute Gasteiger partial charge is 0.165 e. The molecule has 1 unspecified atom stereocenters. The lowest BCUT2D eigenvalue weighted by Gasteiger charge is -2.13. The Bertz CT molecular complexity index is 1430. The van der Waals surface area contributed by atoms with Gasteiger partial charge in [0.2, 0.25) is 0 Å². The molecule has 0 fully saturated rings. The quantitative estimate of drug-likeness (QED) is 0.315. The first-order valence-corrected chi connectivity index (χ1v) is 11.8. The van der Waals surface area contributed by atoms with Crippen LogP contribution in [0.2, 0.25) is 0 Å². The molecule has 3 aromatic heterocycles. The maximum absolute atomic E-state index is 6.26. The van der Waals surface area contributed by atoms with Crippen LogP contribution in [-0.2, 0) is 6.54 Å². The van der Waals surface area contributed by atoms with Crippen molar-refractivity contribution in [2.45, 2.75) is 19.5 Å². The standard InChI is InChI=1S/C28H29N7/c1-19(30-2)17-31-18-20-10-12-22(13-11-20)35-27(23-9-6-16-32-26(23)29)34-25-15-14-24(33-28(25)35)21-7-4-3-5-8-21/h3-16,19,30-31H,17-18H2,1-2H3,(H2,29,32). The number of anilines is 1. The van der Waals surface area contributed by atoms with E-state index in [4.69, 9.17) is 15.7 Å². The predicted molar refractivity (Wildman–Crippen MR) is 142 cm³/mol. The van der Waals surface area contributed by atoms with Crippen molar-refractivity contribution in [3.8, 4) is 28.3 Å². The fourth-order valence-electron chi connectivity index (χ4n) is 4.06. The highest BCUT2D eigenvalue weighted by atomic mass is 15.1. The molecular formula is C28H29N7. The molecule has 0 saturated heterocycles. The van der Waals surface area contributed by atoms with Crippen LogP contribution in [0.5, 0.6) is 0 Å². The van der Waals surface area contributed by atoms with E-state index in [1.807, 2.05) is 49.5 Å². The van der Waals surface area contributed by atoms with E-state index in [1.165, 1.54) is 5.56 Å². The SMILES string of the molecule is CNC(C)CNCc1ccc(-n2c(-c3cccnc3N)nc3ccc(-c4ccccc4)nc32)cc1. The summed E-state index contributed by atoms with van der Waals surface area (Å²) in [6, 6.07) is 26.9. The van der Waals surface area contributed by atoms with Gasteiger partial charge in [-0.1, -0.05) is 42.5 Å². The molecule has 35 heavy (non-hydrogen) atoms. The van der Waals surface area contributed by atoms with Crippen LogP contribution in [0.4, 0.5) is 5.82 Å². The van der Waals surface area contributed by atoms with Crippen LogP contribution in [0.1, 0.15) is 12.5 Å². The van der Waals surface area contributed by atoms with Crippen molar-refractivity contribution in [2.24, 2.45) is 0 Å². The van der Waals surface area contributed by atoms with Gasteiger partial charge in [0.05, 0.1) is 11.3 Å². The van der Waals surface area contributed by atoms with Crippen LogP contribution in [0, 0.1) is 0 Å². The number of pyridine rings is 2. The Morgan fingerprint density at radius 1 is 0.914 bits per heavy atom. The molecular weight excluding hydrogens is 434 g/mol. The Morgan fingerprint density at radius 3 is 2.46 bits per heavy atom. The molecule has 0 aliphatic rings. The second kappa shape index (κ2) is 10.0. The molecule has 3 heterocycles. The molecule has 2 aromatic carbocycles. The third-order valence-corrected chi connectivity index (χ3v) is 6.12. The van der Waals surface area contributed by atoms with E-state index in [-0.39, 0.29) is 0 Å². The van der Waals surface area contributed by atoms with Crippen molar-refractivity contribution in [3.05, 3.63) is 90.6 Å². The van der Waals surface area contributed by atoms with E-state index >= 15 is 0 Å². The number of benzene rings is 2. The zero-order valence-corrected chi connectivity index (χ0v) is 19.9. The van der Waals surface area contributed by atoms with Gasteiger partial charge in [-0.2, -0.15) is 0 Å². The molecule has 5 rings (SSSR count). The Balaban J connectivity index is 1.59. The van der Waals surface area contributed by atoms with Gasteiger partial charge in [0.25, 0.3) is 0 Å². The second-order valence-corrected chi connectivity index (χ2v) is 8.60. The highest BCUT2D eigenvalue weighted by Gasteiger charge is 2.18. The maximum Gasteiger partial charge on any atom is 0.165 e. The van der Waals surface area contributed by atoms with Crippen LogP contribution < -0.4 is 16.4 Å². The minimum absolute atomic E-state index is 0.420. The van der Waals surface area contributed by atoms with Crippen molar-refractivity contribution in [3.63, 3.8) is 0 Å². The van der Waals surface area contributed by atoms with Gasteiger partial charge >= 0.3 is 0 Å². The lowest BCUT2D eigenvalue weighted by Crippen LogP contribution is -2.33. The third kappa shape index (κ3) is 4.77. The van der Waals surface area contributed by atoms with E-state index < -0.39 is 0 Å². The molecule has 1 atom stereocenters. The molecule has 176 valence electrons. The lowest BCUT2D eigenvalue weighted by atomic mass is 10.1. The first-order valence-electron chi connectivity index (χ1n) is 11.8. The van der Waals surface area contributed by atoms with Gasteiger partial charge in [-0.05, 0) is 55.9 Å².